The van der Waals surface area contributed by atoms with Gasteiger partial charge in [-0.2, -0.15) is 0 Å². The molecule has 1 N–H and O–H groups in total. The van der Waals surface area contributed by atoms with Gasteiger partial charge in [0, 0.05) is 46.4 Å². The number of hydrogen-bond acceptors (Lipinski definition) is 3. The van der Waals surface area contributed by atoms with Crippen LogP contribution in [0.5, 0.6) is 0 Å². The van der Waals surface area contributed by atoms with Gasteiger partial charge in [0.2, 0.25) is 0 Å². The number of thiophene rings is 1. The summed E-state index contributed by atoms with van der Waals surface area (Å²) in [5.41, 5.74) is 0. The lowest BCUT2D eigenvalue weighted by atomic mass is 10.1. The Morgan fingerprint density at radius 1 is 1.47 bits per heavy atom. The molecule has 0 bridgehead atoms. The molecule has 2 nitrogen and oxygen atoms in total. The summed E-state index contributed by atoms with van der Waals surface area (Å²) >= 11 is 5.34. The molecule has 0 spiro atoms. The molecule has 1 aliphatic rings. The normalized spacial score (nSPS) is 28.2. The number of halogens is 1. The average Bonchev–Trinajstić information content (AvgIpc) is 2.49. The van der Waals surface area contributed by atoms with Crippen LogP contribution in [0, 0.1) is 0 Å². The molecule has 4 heteroatoms. The van der Waals surface area contributed by atoms with Crippen molar-refractivity contribution >= 4 is 27.3 Å². The SMILES string of the molecule is CC1CN(Cc2cc(Br)cs2)CC(C)N1. The Morgan fingerprint density at radius 2 is 2.13 bits per heavy atom. The van der Waals surface area contributed by atoms with Crippen molar-refractivity contribution in [2.45, 2.75) is 32.5 Å². The van der Waals surface area contributed by atoms with E-state index >= 15 is 0 Å². The van der Waals surface area contributed by atoms with Gasteiger partial charge in [0.25, 0.3) is 0 Å². The molecule has 0 aromatic carbocycles. The third-order valence-electron chi connectivity index (χ3n) is 2.63. The molecule has 1 fully saturated rings. The highest BCUT2D eigenvalue weighted by atomic mass is 79.9. The molecule has 2 heterocycles. The summed E-state index contributed by atoms with van der Waals surface area (Å²) in [6.07, 6.45) is 0. The average molecular weight is 289 g/mol. The van der Waals surface area contributed by atoms with Gasteiger partial charge in [-0.15, -0.1) is 11.3 Å². The third kappa shape index (κ3) is 3.28. The minimum Gasteiger partial charge on any atom is -0.309 e. The van der Waals surface area contributed by atoms with Crippen molar-refractivity contribution in [1.82, 2.24) is 10.2 Å². The predicted molar refractivity (Wildman–Crippen MR) is 69.4 cm³/mol. The van der Waals surface area contributed by atoms with Gasteiger partial charge < -0.3 is 5.32 Å². The molecule has 2 rings (SSSR count). The molecule has 0 saturated carbocycles. The van der Waals surface area contributed by atoms with Gasteiger partial charge in [0.1, 0.15) is 0 Å². The summed E-state index contributed by atoms with van der Waals surface area (Å²) in [6.45, 7) is 7.91. The van der Waals surface area contributed by atoms with E-state index in [0.29, 0.717) is 12.1 Å². The van der Waals surface area contributed by atoms with Crippen LogP contribution in [0.25, 0.3) is 0 Å². The van der Waals surface area contributed by atoms with Gasteiger partial charge in [-0.05, 0) is 35.8 Å². The van der Waals surface area contributed by atoms with E-state index in [0.717, 1.165) is 19.6 Å². The predicted octanol–water partition coefficient (Wildman–Crippen LogP) is 2.69. The molecule has 0 aliphatic carbocycles. The molecule has 2 atom stereocenters. The molecule has 1 aromatic heterocycles. The first-order valence-corrected chi connectivity index (χ1v) is 7.02. The third-order valence-corrected chi connectivity index (χ3v) is 4.32. The van der Waals surface area contributed by atoms with Crippen molar-refractivity contribution in [1.29, 1.82) is 0 Å². The Bertz CT molecular complexity index is 316. The van der Waals surface area contributed by atoms with Gasteiger partial charge in [-0.3, -0.25) is 4.90 Å². The first-order valence-electron chi connectivity index (χ1n) is 5.35. The van der Waals surface area contributed by atoms with Crippen molar-refractivity contribution < 1.29 is 0 Å². The van der Waals surface area contributed by atoms with Crippen LogP contribution in [0.2, 0.25) is 0 Å². The molecule has 0 amide bonds. The number of piperazine rings is 1. The largest absolute Gasteiger partial charge is 0.309 e. The molecular formula is C11H17BrN2S. The smallest absolute Gasteiger partial charge is 0.0329 e. The lowest BCUT2D eigenvalue weighted by Gasteiger charge is -2.35. The Labute approximate surface area is 104 Å². The van der Waals surface area contributed by atoms with Gasteiger partial charge in [0.15, 0.2) is 0 Å². The van der Waals surface area contributed by atoms with Crippen LogP contribution in [-0.2, 0) is 6.54 Å². The van der Waals surface area contributed by atoms with E-state index in [1.54, 1.807) is 0 Å². The molecular weight excluding hydrogens is 272 g/mol. The van der Waals surface area contributed by atoms with E-state index in [4.69, 9.17) is 0 Å². The first-order chi connectivity index (χ1) is 7.13. The first kappa shape index (κ1) is 11.6. The number of rotatable bonds is 2. The van der Waals surface area contributed by atoms with Crippen molar-refractivity contribution in [2.75, 3.05) is 13.1 Å². The molecule has 84 valence electrons. The quantitative estimate of drug-likeness (QED) is 0.900. The Kier molecular flexibility index (Phi) is 3.83. The second-order valence-electron chi connectivity index (χ2n) is 4.39. The molecule has 15 heavy (non-hydrogen) atoms. The highest BCUT2D eigenvalue weighted by molar-refractivity contribution is 9.10. The van der Waals surface area contributed by atoms with Crippen molar-refractivity contribution in [3.8, 4) is 0 Å². The van der Waals surface area contributed by atoms with Gasteiger partial charge in [-0.1, -0.05) is 0 Å². The second-order valence-corrected chi connectivity index (χ2v) is 6.31. The zero-order chi connectivity index (χ0) is 10.8. The van der Waals surface area contributed by atoms with Gasteiger partial charge >= 0.3 is 0 Å². The zero-order valence-electron chi connectivity index (χ0n) is 9.16. The molecule has 0 radical (unpaired) electrons. The van der Waals surface area contributed by atoms with Crippen LogP contribution in [0.15, 0.2) is 15.9 Å². The van der Waals surface area contributed by atoms with Crippen LogP contribution in [0.1, 0.15) is 18.7 Å². The molecule has 2 unspecified atom stereocenters. The summed E-state index contributed by atoms with van der Waals surface area (Å²) in [6, 6.07) is 3.44. The summed E-state index contributed by atoms with van der Waals surface area (Å²) in [5, 5.41) is 5.71. The minimum absolute atomic E-state index is 0.608. The van der Waals surface area contributed by atoms with Crippen LogP contribution in [0.4, 0.5) is 0 Å². The molecule has 1 saturated heterocycles. The van der Waals surface area contributed by atoms with Gasteiger partial charge in [-0.25, -0.2) is 0 Å². The Morgan fingerprint density at radius 3 is 2.67 bits per heavy atom. The number of nitrogens with one attached hydrogen (secondary N) is 1. The Hall–Kier alpha value is 0.1000. The van der Waals surface area contributed by atoms with Crippen molar-refractivity contribution in [3.63, 3.8) is 0 Å². The summed E-state index contributed by atoms with van der Waals surface area (Å²) < 4.78 is 1.21. The maximum atomic E-state index is 3.55. The van der Waals surface area contributed by atoms with Crippen molar-refractivity contribution in [2.24, 2.45) is 0 Å². The lowest BCUT2D eigenvalue weighted by molar-refractivity contribution is 0.168. The monoisotopic (exact) mass is 288 g/mol. The molecule has 1 aromatic rings. The van der Waals surface area contributed by atoms with E-state index in [1.165, 1.54) is 9.35 Å². The fourth-order valence-electron chi connectivity index (χ4n) is 2.23. The number of hydrogen-bond donors (Lipinski definition) is 1. The van der Waals surface area contributed by atoms with E-state index in [-0.39, 0.29) is 0 Å². The summed E-state index contributed by atoms with van der Waals surface area (Å²) in [7, 11) is 0. The lowest BCUT2D eigenvalue weighted by Crippen LogP contribution is -2.53. The van der Waals surface area contributed by atoms with E-state index in [9.17, 15) is 0 Å². The highest BCUT2D eigenvalue weighted by Crippen LogP contribution is 2.21. The van der Waals surface area contributed by atoms with Crippen molar-refractivity contribution in [3.05, 3.63) is 20.8 Å². The Balaban J connectivity index is 1.94. The standard InChI is InChI=1S/C11H17BrN2S/c1-8-4-14(5-9(2)13-8)6-11-3-10(12)7-15-11/h3,7-9,13H,4-6H2,1-2H3. The zero-order valence-corrected chi connectivity index (χ0v) is 11.6. The van der Waals surface area contributed by atoms with Gasteiger partial charge in [0.05, 0.1) is 0 Å². The van der Waals surface area contributed by atoms with E-state index in [2.05, 4.69) is 51.4 Å². The van der Waals surface area contributed by atoms with E-state index in [1.807, 2.05) is 11.3 Å². The maximum Gasteiger partial charge on any atom is 0.0329 e. The van der Waals surface area contributed by atoms with Crippen LogP contribution in [-0.4, -0.2) is 30.1 Å². The minimum atomic E-state index is 0.608. The topological polar surface area (TPSA) is 15.3 Å². The highest BCUT2D eigenvalue weighted by Gasteiger charge is 2.20. The fourth-order valence-corrected chi connectivity index (χ4v) is 3.72. The number of nitrogens with zero attached hydrogens (tertiary/aromatic N) is 1. The second kappa shape index (κ2) is 4.95. The van der Waals surface area contributed by atoms with Crippen LogP contribution < -0.4 is 5.32 Å². The molecule has 1 aliphatic heterocycles. The summed E-state index contributed by atoms with van der Waals surface area (Å²) in [5.74, 6) is 0. The summed E-state index contributed by atoms with van der Waals surface area (Å²) in [4.78, 5) is 3.98. The fraction of sp³-hybridized carbons (Fsp3) is 0.636. The maximum absolute atomic E-state index is 3.55. The van der Waals surface area contributed by atoms with Crippen LogP contribution in [0.3, 0.4) is 0 Å². The van der Waals surface area contributed by atoms with Crippen LogP contribution >= 0.6 is 27.3 Å². The van der Waals surface area contributed by atoms with E-state index < -0.39 is 0 Å².